The van der Waals surface area contributed by atoms with Crippen LogP contribution in [0, 0.1) is 0 Å². The van der Waals surface area contributed by atoms with E-state index in [-0.39, 0.29) is 18.0 Å². The van der Waals surface area contributed by atoms with Crippen LogP contribution in [0.4, 0.5) is 0 Å². The van der Waals surface area contributed by atoms with Crippen LogP contribution in [0.3, 0.4) is 0 Å². The van der Waals surface area contributed by atoms with E-state index < -0.39 is 10.0 Å². The van der Waals surface area contributed by atoms with Crippen molar-refractivity contribution < 1.29 is 17.2 Å². The summed E-state index contributed by atoms with van der Waals surface area (Å²) in [6, 6.07) is 16.3. The van der Waals surface area contributed by atoms with Crippen molar-refractivity contribution in [2.45, 2.75) is 50.6 Å². The number of amides is 1. The van der Waals surface area contributed by atoms with Crippen LogP contribution in [0.5, 0.6) is 0 Å². The maximum atomic E-state index is 13.2. The SMILES string of the molecule is C=[N+]([C@H]1CCCN2C(=O)CCCc3ccccc3-c3cccc(c3)C[C@@H]12)S(C)(=O)=O. The predicted molar refractivity (Wildman–Crippen MR) is 119 cm³/mol. The molecule has 0 unspecified atom stereocenters. The van der Waals surface area contributed by atoms with Crippen molar-refractivity contribution in [1.29, 1.82) is 0 Å². The molecule has 30 heavy (non-hydrogen) atoms. The second-order valence-corrected chi connectivity index (χ2v) is 10.4. The Morgan fingerprint density at radius 3 is 2.67 bits per heavy atom. The highest BCUT2D eigenvalue weighted by atomic mass is 32.2. The van der Waals surface area contributed by atoms with Crippen molar-refractivity contribution in [1.82, 2.24) is 4.90 Å². The van der Waals surface area contributed by atoms with Gasteiger partial charge < -0.3 is 4.90 Å². The minimum absolute atomic E-state index is 0.112. The Morgan fingerprint density at radius 1 is 1.07 bits per heavy atom. The first kappa shape index (κ1) is 20.8. The molecule has 1 amide bonds. The molecular weight excluding hydrogens is 396 g/mol. The Morgan fingerprint density at radius 2 is 1.87 bits per heavy atom. The number of hydrogen-bond acceptors (Lipinski definition) is 3. The number of hydrogen-bond donors (Lipinski definition) is 0. The van der Waals surface area contributed by atoms with Gasteiger partial charge in [-0.25, -0.2) is 0 Å². The molecule has 2 aromatic rings. The van der Waals surface area contributed by atoms with Crippen molar-refractivity contribution in [3.05, 3.63) is 59.7 Å². The zero-order chi connectivity index (χ0) is 21.3. The van der Waals surface area contributed by atoms with E-state index in [1.165, 1.54) is 26.9 Å². The van der Waals surface area contributed by atoms with Crippen LogP contribution in [-0.2, 0) is 27.7 Å². The summed E-state index contributed by atoms with van der Waals surface area (Å²) in [6.07, 6.45) is 5.41. The van der Waals surface area contributed by atoms with Crippen LogP contribution in [0.2, 0.25) is 0 Å². The number of carbonyl (C=O) groups is 1. The molecule has 0 radical (unpaired) electrons. The van der Waals surface area contributed by atoms with E-state index in [2.05, 4.69) is 49.2 Å². The van der Waals surface area contributed by atoms with E-state index >= 15 is 0 Å². The van der Waals surface area contributed by atoms with Gasteiger partial charge >= 0.3 is 10.0 Å². The van der Waals surface area contributed by atoms with Crippen LogP contribution >= 0.6 is 0 Å². The lowest BCUT2D eigenvalue weighted by atomic mass is 9.88. The zero-order valence-electron chi connectivity index (χ0n) is 17.5. The molecule has 1 saturated heterocycles. The molecule has 0 spiro atoms. The number of piperidine rings is 1. The molecule has 2 atom stereocenters. The zero-order valence-corrected chi connectivity index (χ0v) is 18.3. The highest BCUT2D eigenvalue weighted by Gasteiger charge is 2.42. The number of fused-ring (bicyclic) bond motifs is 5. The normalized spacial score (nSPS) is 22.3. The van der Waals surface area contributed by atoms with E-state index in [1.54, 1.807) is 0 Å². The predicted octanol–water partition coefficient (Wildman–Crippen LogP) is 3.26. The largest absolute Gasteiger partial charge is 0.361 e. The molecule has 0 aliphatic carbocycles. The Bertz CT molecular complexity index is 1080. The van der Waals surface area contributed by atoms with Crippen molar-refractivity contribution in [3.63, 3.8) is 0 Å². The first-order valence-corrected chi connectivity index (χ1v) is 12.5. The van der Waals surface area contributed by atoms with Crippen LogP contribution in [0.15, 0.2) is 48.5 Å². The van der Waals surface area contributed by atoms with E-state index in [9.17, 15) is 13.2 Å². The molecular formula is C24H29N2O3S+. The Balaban J connectivity index is 1.78. The number of sulfonamides is 1. The molecule has 4 rings (SSSR count). The monoisotopic (exact) mass is 425 g/mol. The van der Waals surface area contributed by atoms with Gasteiger partial charge in [0, 0.05) is 19.4 Å². The highest BCUT2D eigenvalue weighted by Crippen LogP contribution is 2.30. The quantitative estimate of drug-likeness (QED) is 0.548. The fourth-order valence-corrected chi connectivity index (χ4v) is 5.61. The Labute approximate surface area is 179 Å². The second-order valence-electron chi connectivity index (χ2n) is 8.43. The Kier molecular flexibility index (Phi) is 5.78. The smallest absolute Gasteiger partial charge is 0.333 e. The minimum Gasteiger partial charge on any atom is -0.333 e. The van der Waals surface area contributed by atoms with Crippen molar-refractivity contribution in [2.24, 2.45) is 0 Å². The fourth-order valence-electron chi connectivity index (χ4n) is 4.88. The molecule has 0 N–H and O–H groups in total. The van der Waals surface area contributed by atoms with Crippen LogP contribution in [-0.4, -0.2) is 54.8 Å². The van der Waals surface area contributed by atoms with Crippen molar-refractivity contribution in [2.75, 3.05) is 12.8 Å². The number of benzene rings is 2. The van der Waals surface area contributed by atoms with Gasteiger partial charge in [-0.1, -0.05) is 48.5 Å². The van der Waals surface area contributed by atoms with Gasteiger partial charge in [-0.05, 0) is 47.9 Å². The van der Waals surface area contributed by atoms with Gasteiger partial charge in [-0.3, -0.25) is 4.79 Å². The third kappa shape index (κ3) is 4.19. The molecule has 2 bridgehead atoms. The molecule has 2 aromatic carbocycles. The lowest BCUT2D eigenvalue weighted by Crippen LogP contribution is -2.56. The van der Waals surface area contributed by atoms with Crippen LogP contribution in [0.1, 0.15) is 36.8 Å². The topological polar surface area (TPSA) is 57.5 Å². The molecule has 2 heterocycles. The average molecular weight is 426 g/mol. The molecule has 6 heteroatoms. The molecule has 158 valence electrons. The van der Waals surface area contributed by atoms with E-state index in [1.807, 2.05) is 11.0 Å². The lowest BCUT2D eigenvalue weighted by Gasteiger charge is -2.39. The number of rotatable bonds is 2. The van der Waals surface area contributed by atoms with Gasteiger partial charge in [-0.15, -0.1) is 3.98 Å². The first-order chi connectivity index (χ1) is 14.3. The van der Waals surface area contributed by atoms with Crippen molar-refractivity contribution in [3.8, 4) is 11.1 Å². The number of carbonyl (C=O) groups excluding carboxylic acids is 1. The van der Waals surface area contributed by atoms with E-state index in [4.69, 9.17) is 0 Å². The molecule has 2 aliphatic heterocycles. The van der Waals surface area contributed by atoms with E-state index in [0.717, 1.165) is 24.8 Å². The van der Waals surface area contributed by atoms with Gasteiger partial charge in [-0.2, -0.15) is 8.42 Å². The average Bonchev–Trinajstić information content (AvgIpc) is 2.72. The minimum atomic E-state index is -3.45. The van der Waals surface area contributed by atoms with Gasteiger partial charge in [0.05, 0.1) is 12.3 Å². The maximum absolute atomic E-state index is 13.2. The summed E-state index contributed by atoms with van der Waals surface area (Å²) in [7, 11) is -3.45. The third-order valence-corrected chi connectivity index (χ3v) is 7.52. The van der Waals surface area contributed by atoms with Crippen LogP contribution in [0.25, 0.3) is 11.1 Å². The number of aryl methyl sites for hydroxylation is 1. The molecule has 5 nitrogen and oxygen atoms in total. The highest BCUT2D eigenvalue weighted by molar-refractivity contribution is 7.84. The maximum Gasteiger partial charge on any atom is 0.361 e. The second kappa shape index (κ2) is 8.34. The fraction of sp³-hybridized carbons (Fsp3) is 0.417. The van der Waals surface area contributed by atoms with Gasteiger partial charge in [0.1, 0.15) is 6.72 Å². The summed E-state index contributed by atoms with van der Waals surface area (Å²) in [5, 5.41) is 0. The standard InChI is InChI=1S/C24H29N2O3S/c1-25(30(2,28)29)22-13-7-15-26-23(22)17-18-8-5-11-20(16-18)21-12-4-3-9-19(21)10-6-14-24(26)27/h3-5,8-9,11-12,16,22-23H,1,6-7,10,13-15,17H2,2H3/q+1/t22-,23-/m0/s1. The van der Waals surface area contributed by atoms with Gasteiger partial charge in [0.15, 0.2) is 6.04 Å². The van der Waals surface area contributed by atoms with Gasteiger partial charge in [0.25, 0.3) is 0 Å². The summed E-state index contributed by atoms with van der Waals surface area (Å²) >= 11 is 0. The van der Waals surface area contributed by atoms with Gasteiger partial charge in [0.2, 0.25) is 5.91 Å². The molecule has 0 saturated carbocycles. The van der Waals surface area contributed by atoms with Crippen molar-refractivity contribution >= 4 is 22.6 Å². The van der Waals surface area contributed by atoms with E-state index in [0.29, 0.717) is 25.8 Å². The molecule has 0 aromatic heterocycles. The summed E-state index contributed by atoms with van der Waals surface area (Å²) in [6.45, 7) is 4.52. The molecule has 1 fully saturated rings. The third-order valence-electron chi connectivity index (χ3n) is 6.40. The molecule has 2 aliphatic rings. The Hall–Kier alpha value is -2.47. The summed E-state index contributed by atoms with van der Waals surface area (Å²) in [5.74, 6) is 0.112. The summed E-state index contributed by atoms with van der Waals surface area (Å²) in [4.78, 5) is 15.1. The lowest BCUT2D eigenvalue weighted by molar-refractivity contribution is -0.422. The summed E-state index contributed by atoms with van der Waals surface area (Å²) < 4.78 is 25.7. The first-order valence-electron chi connectivity index (χ1n) is 10.6. The summed E-state index contributed by atoms with van der Waals surface area (Å²) in [5.41, 5.74) is 4.75. The number of nitrogens with zero attached hydrogens (tertiary/aromatic N) is 2. The van der Waals surface area contributed by atoms with Crippen LogP contribution < -0.4 is 0 Å².